The van der Waals surface area contributed by atoms with E-state index in [-0.39, 0.29) is 5.43 Å². The Morgan fingerprint density at radius 3 is 2.64 bits per heavy atom. The van der Waals surface area contributed by atoms with Gasteiger partial charge >= 0.3 is 0 Å². The molecule has 0 saturated heterocycles. The summed E-state index contributed by atoms with van der Waals surface area (Å²) < 4.78 is 11.4. The predicted octanol–water partition coefficient (Wildman–Crippen LogP) is 4.46. The molecule has 3 aromatic rings. The van der Waals surface area contributed by atoms with Gasteiger partial charge < -0.3 is 9.15 Å². The number of ether oxygens (including phenoxy) is 1. The van der Waals surface area contributed by atoms with E-state index in [1.807, 2.05) is 24.3 Å². The highest BCUT2D eigenvalue weighted by atomic mass is 16.5. The molecule has 112 valence electrons. The SMILES string of the molecule is COc1c(CC=C(C)C)ccc2oc3ccccc3c(=O)c12. The van der Waals surface area contributed by atoms with Crippen LogP contribution >= 0.6 is 0 Å². The van der Waals surface area contributed by atoms with Crippen molar-refractivity contribution in [2.45, 2.75) is 20.3 Å². The van der Waals surface area contributed by atoms with E-state index in [0.29, 0.717) is 27.7 Å². The van der Waals surface area contributed by atoms with Gasteiger partial charge in [-0.25, -0.2) is 0 Å². The van der Waals surface area contributed by atoms with Crippen molar-refractivity contribution in [1.82, 2.24) is 0 Å². The van der Waals surface area contributed by atoms with Crippen LogP contribution in [-0.2, 0) is 6.42 Å². The van der Waals surface area contributed by atoms with Gasteiger partial charge in [-0.15, -0.1) is 0 Å². The number of hydrogen-bond acceptors (Lipinski definition) is 3. The normalized spacial score (nSPS) is 10.9. The minimum absolute atomic E-state index is 0.0484. The summed E-state index contributed by atoms with van der Waals surface area (Å²) >= 11 is 0. The molecule has 0 bridgehead atoms. The van der Waals surface area contributed by atoms with Crippen LogP contribution in [0.1, 0.15) is 19.4 Å². The lowest BCUT2D eigenvalue weighted by Gasteiger charge is -2.10. The molecule has 0 aliphatic heterocycles. The molecule has 0 radical (unpaired) electrons. The highest BCUT2D eigenvalue weighted by Gasteiger charge is 2.15. The van der Waals surface area contributed by atoms with Crippen molar-refractivity contribution in [2.75, 3.05) is 7.11 Å². The molecule has 0 unspecified atom stereocenters. The first-order valence-corrected chi connectivity index (χ1v) is 7.26. The van der Waals surface area contributed by atoms with Crippen molar-refractivity contribution in [1.29, 1.82) is 0 Å². The monoisotopic (exact) mass is 294 g/mol. The maximum Gasteiger partial charge on any atom is 0.204 e. The van der Waals surface area contributed by atoms with Crippen LogP contribution in [0.4, 0.5) is 0 Å². The zero-order valence-electron chi connectivity index (χ0n) is 13.0. The molecule has 0 fully saturated rings. The van der Waals surface area contributed by atoms with Crippen LogP contribution in [0.5, 0.6) is 5.75 Å². The molecule has 0 aliphatic carbocycles. The molecule has 3 heteroatoms. The summed E-state index contributed by atoms with van der Waals surface area (Å²) in [5.41, 5.74) is 3.32. The van der Waals surface area contributed by atoms with Crippen molar-refractivity contribution in [2.24, 2.45) is 0 Å². The molecule has 1 heterocycles. The fraction of sp³-hybridized carbons (Fsp3) is 0.211. The van der Waals surface area contributed by atoms with E-state index >= 15 is 0 Å². The molecule has 0 spiro atoms. The first kappa shape index (κ1) is 14.4. The summed E-state index contributed by atoms with van der Waals surface area (Å²) in [4.78, 5) is 12.8. The second-order valence-electron chi connectivity index (χ2n) is 5.54. The molecule has 3 nitrogen and oxygen atoms in total. The lowest BCUT2D eigenvalue weighted by Crippen LogP contribution is -2.05. The predicted molar refractivity (Wildman–Crippen MR) is 89.7 cm³/mol. The van der Waals surface area contributed by atoms with Gasteiger partial charge in [0.05, 0.1) is 12.5 Å². The van der Waals surface area contributed by atoms with Crippen molar-refractivity contribution in [3.05, 3.63) is 63.8 Å². The summed E-state index contributed by atoms with van der Waals surface area (Å²) in [5.74, 6) is 0.606. The molecular formula is C19H18O3. The zero-order chi connectivity index (χ0) is 15.7. The molecule has 0 amide bonds. The minimum atomic E-state index is -0.0484. The first-order chi connectivity index (χ1) is 10.6. The number of hydrogen-bond donors (Lipinski definition) is 0. The Bertz CT molecular complexity index is 928. The second-order valence-corrected chi connectivity index (χ2v) is 5.54. The number of methoxy groups -OCH3 is 1. The third-order valence-electron chi connectivity index (χ3n) is 3.71. The smallest absolute Gasteiger partial charge is 0.204 e. The Balaban J connectivity index is 2.35. The summed E-state index contributed by atoms with van der Waals surface area (Å²) in [6.45, 7) is 4.10. The third kappa shape index (κ3) is 2.39. The lowest BCUT2D eigenvalue weighted by molar-refractivity contribution is 0.415. The highest BCUT2D eigenvalue weighted by Crippen LogP contribution is 2.30. The van der Waals surface area contributed by atoms with E-state index in [2.05, 4.69) is 19.9 Å². The summed E-state index contributed by atoms with van der Waals surface area (Å²) in [6, 6.07) is 11.1. The third-order valence-corrected chi connectivity index (χ3v) is 3.71. The van der Waals surface area contributed by atoms with Gasteiger partial charge in [-0.05, 0) is 44.0 Å². The van der Waals surface area contributed by atoms with Gasteiger partial charge in [0, 0.05) is 0 Å². The van der Waals surface area contributed by atoms with Gasteiger partial charge in [0.25, 0.3) is 0 Å². The number of benzene rings is 2. The molecule has 1 aromatic heterocycles. The van der Waals surface area contributed by atoms with Gasteiger partial charge in [-0.1, -0.05) is 29.8 Å². The van der Waals surface area contributed by atoms with Crippen molar-refractivity contribution in [3.8, 4) is 5.75 Å². The van der Waals surface area contributed by atoms with Crippen LogP contribution in [0.15, 0.2) is 57.3 Å². The molecule has 0 atom stereocenters. The van der Waals surface area contributed by atoms with E-state index in [0.717, 1.165) is 12.0 Å². The van der Waals surface area contributed by atoms with Crippen LogP contribution in [-0.4, -0.2) is 7.11 Å². The van der Waals surface area contributed by atoms with Crippen molar-refractivity contribution < 1.29 is 9.15 Å². The molecular weight excluding hydrogens is 276 g/mol. The highest BCUT2D eigenvalue weighted by molar-refractivity contribution is 5.93. The average molecular weight is 294 g/mol. The maximum absolute atomic E-state index is 12.8. The Morgan fingerprint density at radius 2 is 1.91 bits per heavy atom. The van der Waals surface area contributed by atoms with E-state index in [4.69, 9.17) is 9.15 Å². The maximum atomic E-state index is 12.8. The second kappa shape index (κ2) is 5.68. The van der Waals surface area contributed by atoms with Gasteiger partial charge in [-0.2, -0.15) is 0 Å². The summed E-state index contributed by atoms with van der Waals surface area (Å²) in [5, 5.41) is 1.09. The summed E-state index contributed by atoms with van der Waals surface area (Å²) in [7, 11) is 1.59. The average Bonchev–Trinajstić information content (AvgIpc) is 2.52. The van der Waals surface area contributed by atoms with Crippen LogP contribution in [0.25, 0.3) is 21.9 Å². The van der Waals surface area contributed by atoms with E-state index in [1.54, 1.807) is 19.2 Å². The van der Waals surface area contributed by atoms with Crippen LogP contribution < -0.4 is 10.2 Å². The summed E-state index contributed by atoms with van der Waals surface area (Å²) in [6.07, 6.45) is 2.85. The minimum Gasteiger partial charge on any atom is -0.496 e. The van der Waals surface area contributed by atoms with Crippen molar-refractivity contribution in [3.63, 3.8) is 0 Å². The Hall–Kier alpha value is -2.55. The van der Waals surface area contributed by atoms with Gasteiger partial charge in [0.2, 0.25) is 5.43 Å². The molecule has 0 aliphatic rings. The number of allylic oxidation sites excluding steroid dienone is 2. The van der Waals surface area contributed by atoms with E-state index in [9.17, 15) is 4.79 Å². The number of rotatable bonds is 3. The molecule has 22 heavy (non-hydrogen) atoms. The van der Waals surface area contributed by atoms with Gasteiger partial charge in [0.1, 0.15) is 22.3 Å². The topological polar surface area (TPSA) is 39.4 Å². The fourth-order valence-corrected chi connectivity index (χ4v) is 2.61. The van der Waals surface area contributed by atoms with Crippen molar-refractivity contribution >= 4 is 21.9 Å². The molecule has 3 rings (SSSR count). The quantitative estimate of drug-likeness (QED) is 0.528. The van der Waals surface area contributed by atoms with E-state index < -0.39 is 0 Å². The van der Waals surface area contributed by atoms with Crippen LogP contribution in [0.3, 0.4) is 0 Å². The largest absolute Gasteiger partial charge is 0.496 e. The lowest BCUT2D eigenvalue weighted by atomic mass is 10.0. The number of para-hydroxylation sites is 1. The standard InChI is InChI=1S/C19H18O3/c1-12(2)8-9-13-10-11-16-17(19(13)21-3)18(20)14-6-4-5-7-15(14)22-16/h4-8,10-11H,9H2,1-3H3. The van der Waals surface area contributed by atoms with Gasteiger partial charge in [-0.3, -0.25) is 4.79 Å². The van der Waals surface area contributed by atoms with Gasteiger partial charge in [0.15, 0.2) is 0 Å². The molecule has 0 saturated carbocycles. The Kier molecular flexibility index (Phi) is 3.72. The van der Waals surface area contributed by atoms with Crippen LogP contribution in [0.2, 0.25) is 0 Å². The van der Waals surface area contributed by atoms with E-state index in [1.165, 1.54) is 5.57 Å². The first-order valence-electron chi connectivity index (χ1n) is 7.26. The van der Waals surface area contributed by atoms with Crippen LogP contribution in [0, 0.1) is 0 Å². The zero-order valence-corrected chi connectivity index (χ0v) is 13.0. The number of fused-ring (bicyclic) bond motifs is 2. The fourth-order valence-electron chi connectivity index (χ4n) is 2.61. The Morgan fingerprint density at radius 1 is 1.14 bits per heavy atom. The molecule has 2 aromatic carbocycles. The molecule has 0 N–H and O–H groups in total. The Labute approximate surface area is 128 Å².